The van der Waals surface area contributed by atoms with Crippen LogP contribution in [0, 0.1) is 0 Å². The second-order valence-corrected chi connectivity index (χ2v) is 4.45. The van der Waals surface area contributed by atoms with Crippen LogP contribution in [0.2, 0.25) is 0 Å². The fourth-order valence-corrected chi connectivity index (χ4v) is 1.89. The van der Waals surface area contributed by atoms with Crippen molar-refractivity contribution >= 4 is 11.9 Å². The van der Waals surface area contributed by atoms with E-state index in [1.807, 2.05) is 0 Å². The van der Waals surface area contributed by atoms with Crippen LogP contribution in [0.5, 0.6) is 11.5 Å². The van der Waals surface area contributed by atoms with Gasteiger partial charge in [0.1, 0.15) is 11.5 Å². The molecule has 8 heteroatoms. The molecule has 23 heavy (non-hydrogen) atoms. The van der Waals surface area contributed by atoms with Crippen LogP contribution >= 0.6 is 0 Å². The Balaban J connectivity index is 1.83. The van der Waals surface area contributed by atoms with Gasteiger partial charge in [-0.05, 0) is 24.3 Å². The van der Waals surface area contributed by atoms with E-state index >= 15 is 0 Å². The third-order valence-electron chi connectivity index (χ3n) is 2.99. The molecule has 2 heterocycles. The zero-order valence-electron chi connectivity index (χ0n) is 12.4. The summed E-state index contributed by atoms with van der Waals surface area (Å²) < 4.78 is 20.8. The van der Waals surface area contributed by atoms with Gasteiger partial charge in [-0.25, -0.2) is 0 Å². The Labute approximate surface area is 131 Å². The zero-order chi connectivity index (χ0) is 16.2. The van der Waals surface area contributed by atoms with Crippen LogP contribution in [0.25, 0.3) is 11.5 Å². The predicted octanol–water partition coefficient (Wildman–Crippen LogP) is 2.60. The number of hydrogen-bond acceptors (Lipinski definition) is 7. The van der Waals surface area contributed by atoms with Gasteiger partial charge in [-0.2, -0.15) is 0 Å². The number of carbonyl (C=O) groups is 1. The maximum atomic E-state index is 11.8. The van der Waals surface area contributed by atoms with Gasteiger partial charge in [0, 0.05) is 11.6 Å². The Bertz CT molecular complexity index is 788. The fraction of sp³-hybridized carbons (Fsp3) is 0.133. The highest BCUT2D eigenvalue weighted by molar-refractivity contribution is 6.00. The predicted molar refractivity (Wildman–Crippen MR) is 79.5 cm³/mol. The number of carbonyl (C=O) groups excluding carboxylic acids is 1. The van der Waals surface area contributed by atoms with Gasteiger partial charge >= 0.3 is 6.01 Å². The fourth-order valence-electron chi connectivity index (χ4n) is 1.89. The summed E-state index contributed by atoms with van der Waals surface area (Å²) in [6, 6.07) is 8.25. The van der Waals surface area contributed by atoms with Crippen LogP contribution < -0.4 is 14.8 Å². The molecule has 0 radical (unpaired) electrons. The lowest BCUT2D eigenvalue weighted by Gasteiger charge is -2.05. The molecular formula is C15H13N3O5. The molecule has 0 aliphatic carbocycles. The summed E-state index contributed by atoms with van der Waals surface area (Å²) in [7, 11) is 3.09. The minimum atomic E-state index is -0.478. The molecule has 0 atom stereocenters. The summed E-state index contributed by atoms with van der Waals surface area (Å²) >= 11 is 0. The van der Waals surface area contributed by atoms with E-state index in [4.69, 9.17) is 18.3 Å². The van der Waals surface area contributed by atoms with Gasteiger partial charge in [-0.15, -0.1) is 5.10 Å². The molecule has 0 saturated carbocycles. The average molecular weight is 315 g/mol. The maximum absolute atomic E-state index is 11.8. The Hall–Kier alpha value is -3.29. The average Bonchev–Trinajstić information content (AvgIpc) is 3.26. The monoisotopic (exact) mass is 315 g/mol. The standard InChI is InChI=1S/C15H13N3O5/c1-20-10-6-9(7-11(8-10)21-2)14-17-18-15(23-14)16-13(19)12-4-3-5-22-12/h3-8H,1-2H3,(H,16,18,19). The van der Waals surface area contributed by atoms with Gasteiger partial charge in [0.25, 0.3) is 5.91 Å². The van der Waals surface area contributed by atoms with Gasteiger partial charge in [0.15, 0.2) is 5.76 Å². The summed E-state index contributed by atoms with van der Waals surface area (Å²) in [5.74, 6) is 1.05. The van der Waals surface area contributed by atoms with Crippen molar-refractivity contribution in [2.75, 3.05) is 19.5 Å². The van der Waals surface area contributed by atoms with Crippen molar-refractivity contribution < 1.29 is 23.1 Å². The smallest absolute Gasteiger partial charge is 0.322 e. The van der Waals surface area contributed by atoms with Crippen LogP contribution in [0.15, 0.2) is 45.4 Å². The van der Waals surface area contributed by atoms with Crippen LogP contribution in [0.1, 0.15) is 10.6 Å². The topological polar surface area (TPSA) is 99.6 Å². The number of benzene rings is 1. The minimum Gasteiger partial charge on any atom is -0.497 e. The number of furan rings is 1. The summed E-state index contributed by atoms with van der Waals surface area (Å²) in [4.78, 5) is 11.8. The summed E-state index contributed by atoms with van der Waals surface area (Å²) in [5, 5.41) is 10.1. The van der Waals surface area contributed by atoms with Crippen LogP contribution in [-0.4, -0.2) is 30.3 Å². The van der Waals surface area contributed by atoms with Crippen LogP contribution in [0.4, 0.5) is 6.01 Å². The van der Waals surface area contributed by atoms with Gasteiger partial charge in [-0.1, -0.05) is 5.10 Å². The van der Waals surface area contributed by atoms with Crippen molar-refractivity contribution in [2.24, 2.45) is 0 Å². The normalized spacial score (nSPS) is 10.3. The van der Waals surface area contributed by atoms with E-state index in [1.54, 1.807) is 38.5 Å². The van der Waals surface area contributed by atoms with Crippen molar-refractivity contribution in [3.8, 4) is 23.0 Å². The second-order valence-electron chi connectivity index (χ2n) is 4.45. The number of rotatable bonds is 5. The molecule has 0 aliphatic rings. The quantitative estimate of drug-likeness (QED) is 0.772. The molecule has 3 rings (SSSR count). The Morgan fingerprint density at radius 2 is 1.87 bits per heavy atom. The molecule has 118 valence electrons. The number of anilines is 1. The molecular weight excluding hydrogens is 302 g/mol. The van der Waals surface area contributed by atoms with Gasteiger partial charge in [0.05, 0.1) is 20.5 Å². The molecule has 0 saturated heterocycles. The first-order chi connectivity index (χ1) is 11.2. The number of ether oxygens (including phenoxy) is 2. The summed E-state index contributed by atoms with van der Waals surface area (Å²) in [6.07, 6.45) is 1.40. The van der Waals surface area contributed by atoms with Crippen molar-refractivity contribution in [3.63, 3.8) is 0 Å². The number of methoxy groups -OCH3 is 2. The lowest BCUT2D eigenvalue weighted by molar-refractivity contribution is 0.0994. The van der Waals surface area contributed by atoms with Crippen LogP contribution in [0.3, 0.4) is 0 Å². The first kappa shape index (κ1) is 14.6. The Morgan fingerprint density at radius 3 is 2.48 bits per heavy atom. The first-order valence-electron chi connectivity index (χ1n) is 6.61. The summed E-state index contributed by atoms with van der Waals surface area (Å²) in [6.45, 7) is 0. The largest absolute Gasteiger partial charge is 0.497 e. The Kier molecular flexibility index (Phi) is 3.96. The van der Waals surface area contributed by atoms with E-state index in [0.29, 0.717) is 17.1 Å². The van der Waals surface area contributed by atoms with Crippen molar-refractivity contribution in [1.29, 1.82) is 0 Å². The van der Waals surface area contributed by atoms with Crippen molar-refractivity contribution in [3.05, 3.63) is 42.4 Å². The van der Waals surface area contributed by atoms with E-state index in [9.17, 15) is 4.79 Å². The zero-order valence-corrected chi connectivity index (χ0v) is 12.4. The third-order valence-corrected chi connectivity index (χ3v) is 2.99. The molecule has 0 aliphatic heterocycles. The SMILES string of the molecule is COc1cc(OC)cc(-c2nnc(NC(=O)c3ccco3)o2)c1. The highest BCUT2D eigenvalue weighted by Crippen LogP contribution is 2.29. The molecule has 1 N–H and O–H groups in total. The van der Waals surface area contributed by atoms with E-state index in [0.717, 1.165) is 0 Å². The van der Waals surface area contributed by atoms with Crippen molar-refractivity contribution in [2.45, 2.75) is 0 Å². The van der Waals surface area contributed by atoms with Gasteiger partial charge < -0.3 is 18.3 Å². The van der Waals surface area contributed by atoms with E-state index in [1.165, 1.54) is 12.3 Å². The Morgan fingerprint density at radius 1 is 1.13 bits per heavy atom. The highest BCUT2D eigenvalue weighted by Gasteiger charge is 2.15. The molecule has 0 fully saturated rings. The second kappa shape index (κ2) is 6.22. The van der Waals surface area contributed by atoms with Crippen molar-refractivity contribution in [1.82, 2.24) is 10.2 Å². The number of aromatic nitrogens is 2. The molecule has 0 bridgehead atoms. The van der Waals surface area contributed by atoms with E-state index in [-0.39, 0.29) is 17.7 Å². The number of nitrogens with one attached hydrogen (secondary N) is 1. The molecule has 0 unspecified atom stereocenters. The minimum absolute atomic E-state index is 0.0387. The van der Waals surface area contributed by atoms with Crippen LogP contribution in [-0.2, 0) is 0 Å². The molecule has 0 spiro atoms. The van der Waals surface area contributed by atoms with Gasteiger partial charge in [-0.3, -0.25) is 10.1 Å². The lowest BCUT2D eigenvalue weighted by Crippen LogP contribution is -2.10. The van der Waals surface area contributed by atoms with E-state index < -0.39 is 5.91 Å². The molecule has 1 amide bonds. The summed E-state index contributed by atoms with van der Waals surface area (Å²) in [5.41, 5.74) is 0.604. The first-order valence-corrected chi connectivity index (χ1v) is 6.61. The number of nitrogens with zero attached hydrogens (tertiary/aromatic N) is 2. The van der Waals surface area contributed by atoms with Gasteiger partial charge in [0.2, 0.25) is 5.89 Å². The maximum Gasteiger partial charge on any atom is 0.322 e. The number of hydrogen-bond donors (Lipinski definition) is 1. The van der Waals surface area contributed by atoms with E-state index in [2.05, 4.69) is 15.5 Å². The molecule has 8 nitrogen and oxygen atoms in total. The molecule has 2 aromatic heterocycles. The number of amides is 1. The molecule has 3 aromatic rings. The molecule has 1 aromatic carbocycles. The lowest BCUT2D eigenvalue weighted by atomic mass is 10.2. The third kappa shape index (κ3) is 3.15. The highest BCUT2D eigenvalue weighted by atomic mass is 16.5.